The van der Waals surface area contributed by atoms with Gasteiger partial charge in [0.15, 0.2) is 0 Å². The number of nitrogens with two attached hydrogens (primary N) is 1. The minimum Gasteiger partial charge on any atom is -0.330 e. The Kier molecular flexibility index (Phi) is 9.38. The second kappa shape index (κ2) is 10.7. The molecule has 1 saturated heterocycles. The number of likely N-dealkylation sites (tertiary alicyclic amines) is 1. The number of piperidine rings is 1. The molecule has 132 valence electrons. The lowest BCUT2D eigenvalue weighted by Gasteiger charge is -2.26. The van der Waals surface area contributed by atoms with Gasteiger partial charge in [-0.05, 0) is 67.2 Å². The highest BCUT2D eigenvalue weighted by molar-refractivity contribution is 5.85. The molecule has 0 atom stereocenters. The smallest absolute Gasteiger partial charge is 0.0233 e. The molecular formula is C20H28Cl2N2. The first-order chi connectivity index (χ1) is 10.8. The Morgan fingerprint density at radius 3 is 2.00 bits per heavy atom. The van der Waals surface area contributed by atoms with E-state index in [-0.39, 0.29) is 24.8 Å². The van der Waals surface area contributed by atoms with E-state index >= 15 is 0 Å². The Morgan fingerprint density at radius 2 is 1.38 bits per heavy atom. The molecule has 0 radical (unpaired) electrons. The average molecular weight is 367 g/mol. The second-order valence-corrected chi connectivity index (χ2v) is 6.28. The van der Waals surface area contributed by atoms with Crippen molar-refractivity contribution in [1.29, 1.82) is 0 Å². The van der Waals surface area contributed by atoms with Crippen molar-refractivity contribution in [1.82, 2.24) is 4.90 Å². The van der Waals surface area contributed by atoms with Crippen LogP contribution in [0.5, 0.6) is 0 Å². The maximum atomic E-state index is 5.67. The minimum atomic E-state index is 0. The van der Waals surface area contributed by atoms with Gasteiger partial charge in [0.25, 0.3) is 0 Å². The molecule has 3 rings (SSSR count). The molecule has 0 bridgehead atoms. The van der Waals surface area contributed by atoms with Crippen molar-refractivity contribution in [3.05, 3.63) is 59.7 Å². The molecule has 2 aromatic carbocycles. The van der Waals surface area contributed by atoms with Crippen molar-refractivity contribution < 1.29 is 0 Å². The van der Waals surface area contributed by atoms with Crippen molar-refractivity contribution in [2.24, 2.45) is 5.73 Å². The molecule has 2 nitrogen and oxygen atoms in total. The highest BCUT2D eigenvalue weighted by atomic mass is 35.5. The molecule has 24 heavy (non-hydrogen) atoms. The van der Waals surface area contributed by atoms with E-state index in [9.17, 15) is 0 Å². The molecule has 4 heteroatoms. The van der Waals surface area contributed by atoms with Gasteiger partial charge in [-0.3, -0.25) is 4.90 Å². The minimum absolute atomic E-state index is 0. The number of hydrogen-bond donors (Lipinski definition) is 1. The molecule has 0 saturated carbocycles. The third kappa shape index (κ3) is 5.78. The Balaban J connectivity index is 0.00000144. The first-order valence-electron chi connectivity index (χ1n) is 8.46. The Bertz CT molecular complexity index is 610. The SMILES string of the molecule is Cl.Cl.NCCc1cccc(-c2cccc(CN3CCCCC3)c2)c1. The van der Waals surface area contributed by atoms with E-state index in [0.717, 1.165) is 13.0 Å². The molecule has 0 aromatic heterocycles. The van der Waals surface area contributed by atoms with E-state index in [1.807, 2.05) is 0 Å². The van der Waals surface area contributed by atoms with E-state index in [1.54, 1.807) is 0 Å². The summed E-state index contributed by atoms with van der Waals surface area (Å²) in [6.07, 6.45) is 5.04. The zero-order chi connectivity index (χ0) is 15.2. The van der Waals surface area contributed by atoms with Crippen molar-refractivity contribution in [3.63, 3.8) is 0 Å². The summed E-state index contributed by atoms with van der Waals surface area (Å²) in [5.74, 6) is 0. The Morgan fingerprint density at radius 1 is 0.792 bits per heavy atom. The molecule has 1 aliphatic heterocycles. The normalized spacial score (nSPS) is 14.5. The number of benzene rings is 2. The van der Waals surface area contributed by atoms with Crippen LogP contribution in [0.25, 0.3) is 11.1 Å². The third-order valence-electron chi connectivity index (χ3n) is 4.48. The molecule has 2 N–H and O–H groups in total. The van der Waals surface area contributed by atoms with Gasteiger partial charge in [0, 0.05) is 6.54 Å². The summed E-state index contributed by atoms with van der Waals surface area (Å²) in [6.45, 7) is 4.28. The van der Waals surface area contributed by atoms with Crippen LogP contribution in [0.3, 0.4) is 0 Å². The fourth-order valence-electron chi connectivity index (χ4n) is 3.30. The van der Waals surface area contributed by atoms with Gasteiger partial charge in [0.05, 0.1) is 0 Å². The Labute approximate surface area is 158 Å². The van der Waals surface area contributed by atoms with Gasteiger partial charge < -0.3 is 5.73 Å². The zero-order valence-electron chi connectivity index (χ0n) is 14.1. The van der Waals surface area contributed by atoms with Crippen molar-refractivity contribution >= 4 is 24.8 Å². The summed E-state index contributed by atoms with van der Waals surface area (Å²) in [7, 11) is 0. The van der Waals surface area contributed by atoms with Crippen LogP contribution >= 0.6 is 24.8 Å². The lowest BCUT2D eigenvalue weighted by molar-refractivity contribution is 0.221. The van der Waals surface area contributed by atoms with Crippen molar-refractivity contribution in [2.75, 3.05) is 19.6 Å². The maximum Gasteiger partial charge on any atom is 0.0233 e. The van der Waals surface area contributed by atoms with Gasteiger partial charge in [-0.25, -0.2) is 0 Å². The van der Waals surface area contributed by atoms with Crippen LogP contribution in [-0.4, -0.2) is 24.5 Å². The van der Waals surface area contributed by atoms with E-state index in [1.165, 1.54) is 54.6 Å². The van der Waals surface area contributed by atoms with E-state index in [4.69, 9.17) is 5.73 Å². The average Bonchev–Trinajstić information content (AvgIpc) is 2.57. The number of rotatable bonds is 5. The van der Waals surface area contributed by atoms with Crippen LogP contribution < -0.4 is 5.73 Å². The Hall–Kier alpha value is -1.06. The summed E-state index contributed by atoms with van der Waals surface area (Å²) in [4.78, 5) is 2.58. The van der Waals surface area contributed by atoms with Crippen LogP contribution in [0, 0.1) is 0 Å². The van der Waals surface area contributed by atoms with E-state index in [0.29, 0.717) is 6.54 Å². The molecule has 0 amide bonds. The lowest BCUT2D eigenvalue weighted by Crippen LogP contribution is -2.29. The summed E-state index contributed by atoms with van der Waals surface area (Å²) in [5.41, 5.74) is 11.0. The van der Waals surface area contributed by atoms with Gasteiger partial charge in [-0.15, -0.1) is 24.8 Å². The first-order valence-corrected chi connectivity index (χ1v) is 8.46. The fraction of sp³-hybridized carbons (Fsp3) is 0.400. The summed E-state index contributed by atoms with van der Waals surface area (Å²) in [5, 5.41) is 0. The van der Waals surface area contributed by atoms with Crippen LogP contribution in [0.2, 0.25) is 0 Å². The van der Waals surface area contributed by atoms with E-state index in [2.05, 4.69) is 53.4 Å². The fourth-order valence-corrected chi connectivity index (χ4v) is 3.30. The molecule has 0 aliphatic carbocycles. The second-order valence-electron chi connectivity index (χ2n) is 6.28. The van der Waals surface area contributed by atoms with Gasteiger partial charge in [0.1, 0.15) is 0 Å². The molecular weight excluding hydrogens is 339 g/mol. The van der Waals surface area contributed by atoms with Gasteiger partial charge in [0.2, 0.25) is 0 Å². The monoisotopic (exact) mass is 366 g/mol. The summed E-state index contributed by atoms with van der Waals surface area (Å²) < 4.78 is 0. The topological polar surface area (TPSA) is 29.3 Å². The van der Waals surface area contributed by atoms with Crippen molar-refractivity contribution in [3.8, 4) is 11.1 Å². The quantitative estimate of drug-likeness (QED) is 0.831. The summed E-state index contributed by atoms with van der Waals surface area (Å²) >= 11 is 0. The number of hydrogen-bond acceptors (Lipinski definition) is 2. The largest absolute Gasteiger partial charge is 0.330 e. The molecule has 1 aliphatic rings. The van der Waals surface area contributed by atoms with Crippen LogP contribution in [-0.2, 0) is 13.0 Å². The van der Waals surface area contributed by atoms with Gasteiger partial charge in [-0.1, -0.05) is 48.9 Å². The lowest BCUT2D eigenvalue weighted by atomic mass is 9.99. The highest BCUT2D eigenvalue weighted by Crippen LogP contribution is 2.23. The number of halogens is 2. The van der Waals surface area contributed by atoms with Gasteiger partial charge in [-0.2, -0.15) is 0 Å². The molecule has 1 fully saturated rings. The molecule has 0 unspecified atom stereocenters. The standard InChI is InChI=1S/C20H26N2.2ClH/c21-11-10-17-6-4-8-19(14-17)20-9-5-7-18(15-20)16-22-12-2-1-3-13-22;;/h4-9,14-15H,1-3,10-13,16,21H2;2*1H. The predicted octanol–water partition coefficient (Wildman–Crippen LogP) is 4.68. The third-order valence-corrected chi connectivity index (χ3v) is 4.48. The number of nitrogens with zero attached hydrogens (tertiary/aromatic N) is 1. The summed E-state index contributed by atoms with van der Waals surface area (Å²) in [6, 6.07) is 17.8. The van der Waals surface area contributed by atoms with Crippen LogP contribution in [0.15, 0.2) is 48.5 Å². The molecule has 1 heterocycles. The molecule has 2 aromatic rings. The highest BCUT2D eigenvalue weighted by Gasteiger charge is 2.10. The molecule has 0 spiro atoms. The van der Waals surface area contributed by atoms with Crippen molar-refractivity contribution in [2.45, 2.75) is 32.2 Å². The van der Waals surface area contributed by atoms with Crippen LogP contribution in [0.1, 0.15) is 30.4 Å². The van der Waals surface area contributed by atoms with E-state index < -0.39 is 0 Å². The predicted molar refractivity (Wildman–Crippen MR) is 108 cm³/mol. The van der Waals surface area contributed by atoms with Gasteiger partial charge >= 0.3 is 0 Å². The first kappa shape index (κ1) is 21.0. The zero-order valence-corrected chi connectivity index (χ0v) is 15.7. The maximum absolute atomic E-state index is 5.67. The van der Waals surface area contributed by atoms with Crippen LogP contribution in [0.4, 0.5) is 0 Å².